The molecule has 0 saturated carbocycles. The van der Waals surface area contributed by atoms with Gasteiger partial charge in [-0.15, -0.1) is 10.2 Å². The summed E-state index contributed by atoms with van der Waals surface area (Å²) in [5.74, 6) is -0.155. The molecule has 25 heavy (non-hydrogen) atoms. The molecule has 0 aliphatic rings. The van der Waals surface area contributed by atoms with E-state index in [2.05, 4.69) is 20.8 Å². The maximum absolute atomic E-state index is 12.1. The van der Waals surface area contributed by atoms with Crippen LogP contribution >= 0.6 is 11.3 Å². The van der Waals surface area contributed by atoms with Crippen LogP contribution in [-0.2, 0) is 4.79 Å². The summed E-state index contributed by atoms with van der Waals surface area (Å²) in [7, 11) is 1.60. The van der Waals surface area contributed by atoms with Crippen molar-refractivity contribution in [1.29, 1.82) is 0 Å². The van der Waals surface area contributed by atoms with Gasteiger partial charge in [0.15, 0.2) is 0 Å². The van der Waals surface area contributed by atoms with Crippen LogP contribution in [-0.4, -0.2) is 40.0 Å². The van der Waals surface area contributed by atoms with Crippen molar-refractivity contribution in [3.8, 4) is 16.3 Å². The molecule has 0 aliphatic carbocycles. The summed E-state index contributed by atoms with van der Waals surface area (Å²) in [6.45, 7) is 3.52. The van der Waals surface area contributed by atoms with Crippen molar-refractivity contribution >= 4 is 28.5 Å². The molecule has 0 unspecified atom stereocenters. The lowest BCUT2D eigenvalue weighted by molar-refractivity contribution is -0.137. The highest BCUT2D eigenvalue weighted by atomic mass is 32.1. The summed E-state index contributed by atoms with van der Waals surface area (Å²) in [6.07, 6.45) is 0.302. The number of amides is 2. The Morgan fingerprint density at radius 2 is 1.92 bits per heavy atom. The van der Waals surface area contributed by atoms with Gasteiger partial charge in [0.25, 0.3) is 0 Å². The number of aromatic nitrogens is 2. The lowest BCUT2D eigenvalue weighted by Gasteiger charge is -2.25. The van der Waals surface area contributed by atoms with Gasteiger partial charge in [-0.05, 0) is 44.5 Å². The fourth-order valence-corrected chi connectivity index (χ4v) is 2.79. The number of nitrogens with zero attached hydrogens (tertiary/aromatic N) is 2. The number of carbonyl (C=O) groups excluding carboxylic acids is 1. The number of anilines is 1. The molecule has 2 amide bonds. The molecule has 0 saturated heterocycles. The molecule has 134 valence electrons. The third-order valence-corrected chi connectivity index (χ3v) is 4.29. The molecule has 1 aromatic heterocycles. The van der Waals surface area contributed by atoms with Crippen molar-refractivity contribution in [2.24, 2.45) is 0 Å². The number of carbonyl (C=O) groups is 2. The van der Waals surface area contributed by atoms with E-state index in [0.29, 0.717) is 16.6 Å². The molecule has 0 fully saturated rings. The van der Waals surface area contributed by atoms with Crippen molar-refractivity contribution in [2.45, 2.75) is 32.2 Å². The highest BCUT2D eigenvalue weighted by Crippen LogP contribution is 2.27. The van der Waals surface area contributed by atoms with Gasteiger partial charge in [0.05, 0.1) is 7.11 Å². The van der Waals surface area contributed by atoms with E-state index in [1.165, 1.54) is 11.3 Å². The summed E-state index contributed by atoms with van der Waals surface area (Å²) in [4.78, 5) is 22.7. The second kappa shape index (κ2) is 7.93. The van der Waals surface area contributed by atoms with Crippen molar-refractivity contribution in [2.75, 3.05) is 12.4 Å². The molecule has 0 bridgehead atoms. The smallest absolute Gasteiger partial charge is 0.321 e. The predicted molar refractivity (Wildman–Crippen MR) is 95.0 cm³/mol. The third-order valence-electron chi connectivity index (χ3n) is 3.40. The first-order valence-corrected chi connectivity index (χ1v) is 8.39. The zero-order valence-corrected chi connectivity index (χ0v) is 15.0. The van der Waals surface area contributed by atoms with E-state index >= 15 is 0 Å². The number of hydrogen-bond acceptors (Lipinski definition) is 6. The zero-order valence-electron chi connectivity index (χ0n) is 14.2. The van der Waals surface area contributed by atoms with E-state index in [0.717, 1.165) is 11.3 Å². The lowest BCUT2D eigenvalue weighted by Crippen LogP contribution is -2.45. The zero-order chi connectivity index (χ0) is 18.4. The summed E-state index contributed by atoms with van der Waals surface area (Å²) in [5.41, 5.74) is 0.222. The minimum absolute atomic E-state index is 0.0201. The number of urea groups is 1. The average molecular weight is 364 g/mol. The summed E-state index contributed by atoms with van der Waals surface area (Å²) in [6, 6.07) is 6.91. The Morgan fingerprint density at radius 3 is 2.52 bits per heavy atom. The molecule has 3 N–H and O–H groups in total. The first-order valence-electron chi connectivity index (χ1n) is 7.58. The van der Waals surface area contributed by atoms with Gasteiger partial charge >= 0.3 is 12.0 Å². The number of aliphatic carboxylic acids is 1. The van der Waals surface area contributed by atoms with Gasteiger partial charge in [-0.3, -0.25) is 10.1 Å². The molecule has 1 aromatic carbocycles. The largest absolute Gasteiger partial charge is 0.497 e. The van der Waals surface area contributed by atoms with Crippen LogP contribution in [0.1, 0.15) is 26.7 Å². The van der Waals surface area contributed by atoms with Crippen LogP contribution in [0, 0.1) is 0 Å². The molecular weight excluding hydrogens is 344 g/mol. The number of rotatable bonds is 7. The Kier molecular flexibility index (Phi) is 5.92. The summed E-state index contributed by atoms with van der Waals surface area (Å²) in [5, 5.41) is 23.1. The van der Waals surface area contributed by atoms with Crippen LogP contribution in [0.4, 0.5) is 9.93 Å². The molecule has 2 aromatic rings. The maximum Gasteiger partial charge on any atom is 0.321 e. The van der Waals surface area contributed by atoms with Crippen molar-refractivity contribution in [1.82, 2.24) is 15.5 Å². The van der Waals surface area contributed by atoms with Gasteiger partial charge in [0.1, 0.15) is 10.8 Å². The monoisotopic (exact) mass is 364 g/mol. The molecule has 0 aliphatic heterocycles. The Balaban J connectivity index is 1.95. The number of carboxylic acid groups (broad SMARTS) is 1. The molecule has 1 heterocycles. The fourth-order valence-electron chi connectivity index (χ4n) is 2.04. The Labute approximate surface area is 149 Å². The number of hydrogen-bond donors (Lipinski definition) is 3. The van der Waals surface area contributed by atoms with Gasteiger partial charge in [-0.1, -0.05) is 11.3 Å². The van der Waals surface area contributed by atoms with Crippen molar-refractivity contribution < 1.29 is 19.4 Å². The average Bonchev–Trinajstić information content (AvgIpc) is 3.01. The van der Waals surface area contributed by atoms with Gasteiger partial charge in [0, 0.05) is 17.5 Å². The van der Waals surface area contributed by atoms with Crippen molar-refractivity contribution in [3.05, 3.63) is 24.3 Å². The number of benzene rings is 1. The van der Waals surface area contributed by atoms with E-state index in [-0.39, 0.29) is 6.42 Å². The lowest BCUT2D eigenvalue weighted by atomic mass is 9.99. The fraction of sp³-hybridized carbons (Fsp3) is 0.375. The van der Waals surface area contributed by atoms with E-state index in [1.807, 2.05) is 24.3 Å². The normalized spacial score (nSPS) is 11.0. The van der Waals surface area contributed by atoms with Gasteiger partial charge < -0.3 is 15.2 Å². The second-order valence-corrected chi connectivity index (χ2v) is 6.98. The standard InChI is InChI=1S/C16H20N4O4S/c1-16(2,9-8-12(21)22)18-14(23)17-15-20-19-13(25-15)10-4-6-11(24-3)7-5-10/h4-7H,8-9H2,1-3H3,(H,21,22)(H2,17,18,20,23). The molecule has 2 rings (SSSR count). The van der Waals surface area contributed by atoms with Crippen molar-refractivity contribution in [3.63, 3.8) is 0 Å². The Hall–Kier alpha value is -2.68. The quantitative estimate of drug-likeness (QED) is 0.696. The Morgan fingerprint density at radius 1 is 1.24 bits per heavy atom. The first kappa shape index (κ1) is 18.7. The Bertz CT molecular complexity index is 743. The highest BCUT2D eigenvalue weighted by molar-refractivity contribution is 7.18. The van der Waals surface area contributed by atoms with Gasteiger partial charge in [-0.2, -0.15) is 0 Å². The third kappa shape index (κ3) is 5.71. The molecule has 0 spiro atoms. The summed E-state index contributed by atoms with van der Waals surface area (Å²) < 4.78 is 5.11. The number of carboxylic acids is 1. The summed E-state index contributed by atoms with van der Waals surface area (Å²) >= 11 is 1.24. The molecule has 8 nitrogen and oxygen atoms in total. The first-order chi connectivity index (χ1) is 11.8. The molecule has 9 heteroatoms. The van der Waals surface area contributed by atoms with Crippen LogP contribution in [0.3, 0.4) is 0 Å². The number of methoxy groups -OCH3 is 1. The molecule has 0 radical (unpaired) electrons. The van der Waals surface area contributed by atoms with Gasteiger partial charge in [-0.25, -0.2) is 4.79 Å². The van der Waals surface area contributed by atoms with E-state index in [9.17, 15) is 9.59 Å². The van der Waals surface area contributed by atoms with E-state index in [1.54, 1.807) is 21.0 Å². The highest BCUT2D eigenvalue weighted by Gasteiger charge is 2.22. The van der Waals surface area contributed by atoms with Crippen LogP contribution in [0.5, 0.6) is 5.75 Å². The SMILES string of the molecule is COc1ccc(-c2nnc(NC(=O)NC(C)(C)CCC(=O)O)s2)cc1. The van der Waals surface area contributed by atoms with E-state index in [4.69, 9.17) is 9.84 Å². The minimum Gasteiger partial charge on any atom is -0.497 e. The van der Waals surface area contributed by atoms with Crippen LogP contribution in [0.25, 0.3) is 10.6 Å². The molecular formula is C16H20N4O4S. The van der Waals surface area contributed by atoms with Crippen LogP contribution in [0.2, 0.25) is 0 Å². The minimum atomic E-state index is -0.899. The van der Waals surface area contributed by atoms with E-state index < -0.39 is 17.5 Å². The number of ether oxygens (including phenoxy) is 1. The number of nitrogens with one attached hydrogen (secondary N) is 2. The predicted octanol–water partition coefficient (Wildman–Crippen LogP) is 2.98. The van der Waals surface area contributed by atoms with Gasteiger partial charge in [0.2, 0.25) is 5.13 Å². The maximum atomic E-state index is 12.1. The second-order valence-electron chi connectivity index (χ2n) is 6.00. The topological polar surface area (TPSA) is 113 Å². The van der Waals surface area contributed by atoms with Crippen LogP contribution in [0.15, 0.2) is 24.3 Å². The molecule has 0 atom stereocenters. The van der Waals surface area contributed by atoms with Crippen LogP contribution < -0.4 is 15.4 Å².